The van der Waals surface area contributed by atoms with Crippen molar-refractivity contribution >= 4 is 17.9 Å². The number of hydrogen-bond donors (Lipinski definition) is 0. The van der Waals surface area contributed by atoms with Crippen molar-refractivity contribution in [2.45, 2.75) is 40.2 Å². The molecule has 7 nitrogen and oxygen atoms in total. The number of likely N-dealkylation sites (N-methyl/N-ethyl adjacent to an activating group) is 1. The van der Waals surface area contributed by atoms with Crippen LogP contribution in [0, 0.1) is 18.3 Å². The van der Waals surface area contributed by atoms with Crippen LogP contribution in [0.5, 0.6) is 5.75 Å². The number of ether oxygens (including phenoxy) is 1. The molecule has 3 heterocycles. The number of aryl methyl sites for hydroxylation is 1. The lowest BCUT2D eigenvalue weighted by atomic mass is 9.93. The van der Waals surface area contributed by atoms with E-state index in [1.54, 1.807) is 24.6 Å². The molecule has 0 N–H and O–H groups in total. The Kier molecular flexibility index (Phi) is 5.81. The highest BCUT2D eigenvalue weighted by atomic mass is 16.5. The fraction of sp³-hybridized carbons (Fsp3) is 0.241. The van der Waals surface area contributed by atoms with Crippen molar-refractivity contribution in [3.63, 3.8) is 0 Å². The monoisotopic (exact) mass is 478 g/mol. The van der Waals surface area contributed by atoms with Gasteiger partial charge in [0.15, 0.2) is 0 Å². The van der Waals surface area contributed by atoms with Crippen LogP contribution in [0.2, 0.25) is 0 Å². The van der Waals surface area contributed by atoms with Crippen LogP contribution in [0.1, 0.15) is 37.5 Å². The fourth-order valence-corrected chi connectivity index (χ4v) is 4.86. The van der Waals surface area contributed by atoms with E-state index >= 15 is 0 Å². The Balaban J connectivity index is 1.72. The Bertz CT molecular complexity index is 1510. The van der Waals surface area contributed by atoms with Gasteiger partial charge in [0.1, 0.15) is 23.5 Å². The Morgan fingerprint density at radius 3 is 2.61 bits per heavy atom. The quantitative estimate of drug-likeness (QED) is 0.398. The standard InChI is InChI=1S/C29H26N4O3/c1-5-32-28(34)24(19(4)25(15-30)29(32)35)14-22-16-33(23-9-7-6-8-10-23)31-26(22)20-11-17(2)27-21(13-20)12-18(3)36-27/h6-11,13-14,16,18H,5,12H2,1-4H3/b24-14-. The molecular weight excluding hydrogens is 452 g/mol. The third kappa shape index (κ3) is 3.81. The zero-order valence-corrected chi connectivity index (χ0v) is 20.7. The molecule has 2 aromatic carbocycles. The highest BCUT2D eigenvalue weighted by Crippen LogP contribution is 2.38. The number of rotatable bonds is 4. The summed E-state index contributed by atoms with van der Waals surface area (Å²) >= 11 is 0. The molecule has 5 rings (SSSR count). The van der Waals surface area contributed by atoms with E-state index in [-0.39, 0.29) is 18.2 Å². The molecule has 0 fully saturated rings. The van der Waals surface area contributed by atoms with Crippen LogP contribution in [-0.2, 0) is 16.0 Å². The smallest absolute Gasteiger partial charge is 0.271 e. The van der Waals surface area contributed by atoms with Crippen LogP contribution in [0.4, 0.5) is 0 Å². The Morgan fingerprint density at radius 2 is 1.92 bits per heavy atom. The molecule has 1 atom stereocenters. The van der Waals surface area contributed by atoms with Gasteiger partial charge in [-0.3, -0.25) is 14.5 Å². The third-order valence-electron chi connectivity index (χ3n) is 6.66. The predicted octanol–water partition coefficient (Wildman–Crippen LogP) is 4.78. The molecule has 1 unspecified atom stereocenters. The van der Waals surface area contributed by atoms with Crippen molar-refractivity contribution in [2.24, 2.45) is 0 Å². The van der Waals surface area contributed by atoms with Gasteiger partial charge >= 0.3 is 0 Å². The summed E-state index contributed by atoms with van der Waals surface area (Å²) in [6, 6.07) is 15.9. The highest BCUT2D eigenvalue weighted by molar-refractivity contribution is 6.19. The van der Waals surface area contributed by atoms with Gasteiger partial charge < -0.3 is 4.74 Å². The summed E-state index contributed by atoms with van der Waals surface area (Å²) in [5.74, 6) is -0.0429. The van der Waals surface area contributed by atoms with E-state index in [0.717, 1.165) is 45.0 Å². The average Bonchev–Trinajstić information content (AvgIpc) is 3.46. The van der Waals surface area contributed by atoms with Gasteiger partial charge in [0.05, 0.1) is 11.4 Å². The fourth-order valence-electron chi connectivity index (χ4n) is 4.86. The lowest BCUT2D eigenvalue weighted by Gasteiger charge is -2.26. The number of nitriles is 1. The average molecular weight is 479 g/mol. The molecule has 0 saturated heterocycles. The first-order valence-corrected chi connectivity index (χ1v) is 12.0. The highest BCUT2D eigenvalue weighted by Gasteiger charge is 2.34. The number of imide groups is 1. The van der Waals surface area contributed by atoms with Gasteiger partial charge in [0.25, 0.3) is 11.8 Å². The number of benzene rings is 2. The van der Waals surface area contributed by atoms with Gasteiger partial charge in [-0.2, -0.15) is 10.4 Å². The molecule has 1 aromatic heterocycles. The topological polar surface area (TPSA) is 88.2 Å². The summed E-state index contributed by atoms with van der Waals surface area (Å²) in [6.45, 7) is 7.63. The molecule has 0 saturated carbocycles. The number of nitrogens with zero attached hydrogens (tertiary/aromatic N) is 4. The molecule has 180 valence electrons. The Hall–Kier alpha value is -4.44. The normalized spacial score (nSPS) is 18.5. The van der Waals surface area contributed by atoms with E-state index in [1.165, 1.54) is 0 Å². The van der Waals surface area contributed by atoms with Crippen LogP contribution in [-0.4, -0.2) is 39.1 Å². The van der Waals surface area contributed by atoms with Gasteiger partial charge in [0, 0.05) is 35.9 Å². The molecule has 0 aliphatic carbocycles. The SMILES string of the molecule is CCN1C(=O)C(C#N)=C(C)/C(=C/c2cn(-c3ccccc3)nc2-c2cc(C)c3c(c2)CC(C)O3)C1=O. The largest absolute Gasteiger partial charge is 0.490 e. The lowest BCUT2D eigenvalue weighted by Crippen LogP contribution is -2.42. The summed E-state index contributed by atoms with van der Waals surface area (Å²) in [6.07, 6.45) is 4.55. The number of amides is 2. The van der Waals surface area contributed by atoms with Crippen molar-refractivity contribution in [1.82, 2.24) is 14.7 Å². The molecule has 3 aromatic rings. The van der Waals surface area contributed by atoms with Gasteiger partial charge in [-0.25, -0.2) is 4.68 Å². The van der Waals surface area contributed by atoms with Crippen LogP contribution < -0.4 is 4.74 Å². The molecule has 0 spiro atoms. The van der Waals surface area contributed by atoms with Crippen LogP contribution in [0.25, 0.3) is 23.0 Å². The van der Waals surface area contributed by atoms with Crippen molar-refractivity contribution in [3.8, 4) is 28.8 Å². The molecule has 2 aliphatic heterocycles. The molecule has 2 aliphatic rings. The van der Waals surface area contributed by atoms with E-state index in [2.05, 4.69) is 13.0 Å². The first kappa shape index (κ1) is 23.3. The summed E-state index contributed by atoms with van der Waals surface area (Å²) in [5.41, 5.74) is 6.05. The summed E-state index contributed by atoms with van der Waals surface area (Å²) in [4.78, 5) is 27.0. The molecule has 36 heavy (non-hydrogen) atoms. The number of fused-ring (bicyclic) bond motifs is 1. The minimum absolute atomic E-state index is 0.0146. The van der Waals surface area contributed by atoms with E-state index < -0.39 is 11.8 Å². The number of carbonyl (C=O) groups excluding carboxylic acids is 2. The van der Waals surface area contributed by atoms with Gasteiger partial charge in [-0.05, 0) is 74.7 Å². The van der Waals surface area contributed by atoms with E-state index in [0.29, 0.717) is 16.8 Å². The second kappa shape index (κ2) is 8.97. The maximum absolute atomic E-state index is 13.3. The molecule has 7 heteroatoms. The van der Waals surface area contributed by atoms with Gasteiger partial charge in [0.2, 0.25) is 0 Å². The first-order valence-electron chi connectivity index (χ1n) is 12.0. The van der Waals surface area contributed by atoms with Crippen molar-refractivity contribution in [3.05, 3.63) is 82.1 Å². The van der Waals surface area contributed by atoms with E-state index in [1.807, 2.05) is 55.6 Å². The maximum atomic E-state index is 13.3. The zero-order valence-electron chi connectivity index (χ0n) is 20.7. The minimum atomic E-state index is -0.553. The first-order chi connectivity index (χ1) is 17.3. The van der Waals surface area contributed by atoms with E-state index in [9.17, 15) is 14.9 Å². The summed E-state index contributed by atoms with van der Waals surface area (Å²) in [7, 11) is 0. The van der Waals surface area contributed by atoms with Crippen LogP contribution in [0.15, 0.2) is 65.4 Å². The minimum Gasteiger partial charge on any atom is -0.490 e. The Labute approximate surface area is 209 Å². The lowest BCUT2D eigenvalue weighted by molar-refractivity contribution is -0.140. The molecular formula is C29H26N4O3. The predicted molar refractivity (Wildman–Crippen MR) is 136 cm³/mol. The zero-order chi connectivity index (χ0) is 25.6. The van der Waals surface area contributed by atoms with Crippen molar-refractivity contribution in [2.75, 3.05) is 6.54 Å². The molecule has 2 amide bonds. The number of para-hydroxylation sites is 1. The summed E-state index contributed by atoms with van der Waals surface area (Å²) < 4.78 is 7.77. The number of carbonyl (C=O) groups is 2. The van der Waals surface area contributed by atoms with Crippen molar-refractivity contribution < 1.29 is 14.3 Å². The third-order valence-corrected chi connectivity index (χ3v) is 6.66. The summed E-state index contributed by atoms with van der Waals surface area (Å²) in [5, 5.41) is 14.5. The maximum Gasteiger partial charge on any atom is 0.271 e. The van der Waals surface area contributed by atoms with Crippen LogP contribution in [0.3, 0.4) is 0 Å². The Morgan fingerprint density at radius 1 is 1.17 bits per heavy atom. The molecule has 0 bridgehead atoms. The molecule has 0 radical (unpaired) electrons. The van der Waals surface area contributed by atoms with Gasteiger partial charge in [-0.15, -0.1) is 0 Å². The van der Waals surface area contributed by atoms with E-state index in [4.69, 9.17) is 9.84 Å². The second-order valence-electron chi connectivity index (χ2n) is 9.15. The van der Waals surface area contributed by atoms with Gasteiger partial charge in [-0.1, -0.05) is 18.2 Å². The van der Waals surface area contributed by atoms with Crippen LogP contribution >= 0.6 is 0 Å². The number of hydrogen-bond acceptors (Lipinski definition) is 5. The van der Waals surface area contributed by atoms with Crippen molar-refractivity contribution in [1.29, 1.82) is 5.26 Å². The number of aromatic nitrogens is 2. The second-order valence-corrected chi connectivity index (χ2v) is 9.15.